The van der Waals surface area contributed by atoms with Gasteiger partial charge in [-0.1, -0.05) is 43.9 Å². The summed E-state index contributed by atoms with van der Waals surface area (Å²) in [6.07, 6.45) is 8.61. The first kappa shape index (κ1) is 27.4. The number of ether oxygens (including phenoxy) is 1. The molecule has 1 heterocycles. The van der Waals surface area contributed by atoms with Crippen LogP contribution in [0.4, 0.5) is 0 Å². The lowest BCUT2D eigenvalue weighted by Gasteiger charge is -2.31. The average molecular weight is 513 g/mol. The van der Waals surface area contributed by atoms with E-state index in [2.05, 4.69) is 22.0 Å². The third kappa shape index (κ3) is 7.46. The standard InChI is InChI=1S/C29H44N4O4/c1-19-18-31-26(23-14-15-23)29(36)33(3)20(2)27(34)32-24(17-21-9-4-5-10-21)28(35)30-16-8-12-22-11-6-7-13-25(22)37-19/h6-7,11,13,19-21,23-24,26,31H,4-5,8-10,12,14-18H2,1-3H3,(H,30,35)(H,32,34)/t19-,20-,24-,26+/m1/s1. The van der Waals surface area contributed by atoms with Gasteiger partial charge in [0.25, 0.3) is 0 Å². The second-order valence-corrected chi connectivity index (χ2v) is 11.2. The summed E-state index contributed by atoms with van der Waals surface area (Å²) >= 11 is 0. The van der Waals surface area contributed by atoms with Crippen LogP contribution in [0.15, 0.2) is 24.3 Å². The van der Waals surface area contributed by atoms with Gasteiger partial charge in [-0.2, -0.15) is 0 Å². The van der Waals surface area contributed by atoms with Gasteiger partial charge in [-0.25, -0.2) is 0 Å². The molecule has 4 rings (SSSR count). The van der Waals surface area contributed by atoms with E-state index >= 15 is 0 Å². The van der Waals surface area contributed by atoms with Crippen molar-refractivity contribution in [1.29, 1.82) is 0 Å². The predicted octanol–water partition coefficient (Wildman–Crippen LogP) is 2.80. The molecule has 0 bridgehead atoms. The van der Waals surface area contributed by atoms with Crippen LogP contribution in [0.5, 0.6) is 5.75 Å². The maximum Gasteiger partial charge on any atom is 0.243 e. The fraction of sp³-hybridized carbons (Fsp3) is 0.690. The molecule has 1 aromatic rings. The van der Waals surface area contributed by atoms with Crippen LogP contribution in [0.2, 0.25) is 0 Å². The minimum atomic E-state index is -0.672. The molecule has 2 saturated carbocycles. The zero-order valence-electron chi connectivity index (χ0n) is 22.6. The number of aryl methyl sites for hydroxylation is 1. The van der Waals surface area contributed by atoms with E-state index < -0.39 is 12.1 Å². The lowest BCUT2D eigenvalue weighted by atomic mass is 9.97. The fourth-order valence-corrected chi connectivity index (χ4v) is 5.56. The van der Waals surface area contributed by atoms with Gasteiger partial charge in [-0.3, -0.25) is 14.4 Å². The summed E-state index contributed by atoms with van der Waals surface area (Å²) in [4.78, 5) is 41.4. The lowest BCUT2D eigenvalue weighted by Crippen LogP contribution is -2.57. The number of nitrogens with zero attached hydrogens (tertiary/aromatic N) is 1. The molecule has 0 unspecified atom stereocenters. The Balaban J connectivity index is 1.53. The van der Waals surface area contributed by atoms with Gasteiger partial charge in [0.05, 0.1) is 6.04 Å². The minimum Gasteiger partial charge on any atom is -0.489 e. The Kier molecular flexibility index (Phi) is 9.46. The van der Waals surface area contributed by atoms with Gasteiger partial charge in [0.2, 0.25) is 17.7 Å². The van der Waals surface area contributed by atoms with E-state index in [9.17, 15) is 14.4 Å². The fourth-order valence-electron chi connectivity index (χ4n) is 5.56. The van der Waals surface area contributed by atoms with Crippen LogP contribution in [0.25, 0.3) is 0 Å². The first-order valence-electron chi connectivity index (χ1n) is 14.2. The number of amides is 3. The molecule has 0 spiro atoms. The number of likely N-dealkylation sites (N-methyl/N-ethyl adjacent to an activating group) is 1. The van der Waals surface area contributed by atoms with Crippen molar-refractivity contribution in [2.24, 2.45) is 11.8 Å². The Morgan fingerprint density at radius 1 is 0.973 bits per heavy atom. The highest BCUT2D eigenvalue weighted by Crippen LogP contribution is 2.34. The summed E-state index contributed by atoms with van der Waals surface area (Å²) in [5.74, 6) is 1.05. The van der Waals surface area contributed by atoms with Crippen molar-refractivity contribution in [3.05, 3.63) is 29.8 Å². The van der Waals surface area contributed by atoms with Crippen LogP contribution in [0.1, 0.15) is 70.8 Å². The first-order chi connectivity index (χ1) is 17.8. The molecule has 2 fully saturated rings. The highest BCUT2D eigenvalue weighted by molar-refractivity contribution is 5.93. The van der Waals surface area contributed by atoms with Gasteiger partial charge in [-0.05, 0) is 69.4 Å². The molecule has 8 heteroatoms. The predicted molar refractivity (Wildman–Crippen MR) is 143 cm³/mol. The van der Waals surface area contributed by atoms with E-state index in [0.29, 0.717) is 25.4 Å². The smallest absolute Gasteiger partial charge is 0.243 e. The number of carbonyl (C=O) groups excluding carboxylic acids is 3. The van der Waals surface area contributed by atoms with Crippen molar-refractivity contribution >= 4 is 17.7 Å². The van der Waals surface area contributed by atoms with E-state index in [-0.39, 0.29) is 35.8 Å². The average Bonchev–Trinajstić information content (AvgIpc) is 3.60. The summed E-state index contributed by atoms with van der Waals surface area (Å²) in [6, 6.07) is 6.40. The summed E-state index contributed by atoms with van der Waals surface area (Å²) in [7, 11) is 1.68. The molecule has 0 radical (unpaired) electrons. The Hall–Kier alpha value is -2.61. The van der Waals surface area contributed by atoms with Gasteiger partial charge in [0.1, 0.15) is 23.9 Å². The zero-order chi connectivity index (χ0) is 26.4. The molecule has 2 aliphatic carbocycles. The Morgan fingerprint density at radius 3 is 2.43 bits per heavy atom. The molecule has 37 heavy (non-hydrogen) atoms. The molecular formula is C29H44N4O4. The van der Waals surface area contributed by atoms with Crippen LogP contribution in [-0.2, 0) is 20.8 Å². The number of rotatable bonds is 3. The molecule has 8 nitrogen and oxygen atoms in total. The van der Waals surface area contributed by atoms with Gasteiger partial charge >= 0.3 is 0 Å². The van der Waals surface area contributed by atoms with E-state index in [0.717, 1.165) is 49.8 Å². The second-order valence-electron chi connectivity index (χ2n) is 11.2. The van der Waals surface area contributed by atoms with Crippen molar-refractivity contribution in [2.75, 3.05) is 20.1 Å². The third-order valence-corrected chi connectivity index (χ3v) is 8.19. The Morgan fingerprint density at radius 2 is 1.70 bits per heavy atom. The number of hydrogen-bond donors (Lipinski definition) is 3. The normalized spacial score (nSPS) is 29.5. The highest BCUT2D eigenvalue weighted by atomic mass is 16.5. The van der Waals surface area contributed by atoms with Gasteiger partial charge in [-0.15, -0.1) is 0 Å². The minimum absolute atomic E-state index is 0.0874. The molecule has 4 atom stereocenters. The summed E-state index contributed by atoms with van der Waals surface area (Å²) in [6.45, 7) is 4.80. The van der Waals surface area contributed by atoms with Crippen molar-refractivity contribution in [3.63, 3.8) is 0 Å². The van der Waals surface area contributed by atoms with Gasteiger partial charge in [0.15, 0.2) is 0 Å². The van der Waals surface area contributed by atoms with Gasteiger partial charge < -0.3 is 25.6 Å². The zero-order valence-corrected chi connectivity index (χ0v) is 22.6. The van der Waals surface area contributed by atoms with E-state index in [1.165, 1.54) is 17.7 Å². The quantitative estimate of drug-likeness (QED) is 0.578. The number of fused-ring (bicyclic) bond motifs is 1. The number of carbonyl (C=O) groups is 3. The highest BCUT2D eigenvalue weighted by Gasteiger charge is 2.40. The second kappa shape index (κ2) is 12.8. The van der Waals surface area contributed by atoms with Crippen LogP contribution in [0.3, 0.4) is 0 Å². The van der Waals surface area contributed by atoms with Crippen LogP contribution in [0, 0.1) is 11.8 Å². The Labute approximate surface area is 221 Å². The number of benzene rings is 1. The molecule has 1 aromatic carbocycles. The lowest BCUT2D eigenvalue weighted by molar-refractivity contribution is -0.141. The maximum atomic E-state index is 13.5. The molecule has 1 aliphatic heterocycles. The Bertz CT molecular complexity index is 944. The number of para-hydroxylation sites is 1. The molecule has 204 valence electrons. The van der Waals surface area contributed by atoms with Crippen LogP contribution < -0.4 is 20.7 Å². The SMILES string of the molecule is C[C@@H]1CN[C@@H](C2CC2)C(=O)N(C)[C@H](C)C(=O)N[C@H](CC2CCCC2)C(=O)NCCCc2ccccc2O1. The van der Waals surface area contributed by atoms with Crippen LogP contribution >= 0.6 is 0 Å². The number of hydrogen-bond acceptors (Lipinski definition) is 5. The topological polar surface area (TPSA) is 99.8 Å². The largest absolute Gasteiger partial charge is 0.489 e. The molecular weight excluding hydrogens is 468 g/mol. The van der Waals surface area contributed by atoms with Crippen molar-refractivity contribution in [2.45, 2.75) is 95.9 Å². The van der Waals surface area contributed by atoms with Crippen molar-refractivity contribution < 1.29 is 19.1 Å². The van der Waals surface area contributed by atoms with Crippen molar-refractivity contribution in [3.8, 4) is 5.75 Å². The maximum absolute atomic E-state index is 13.5. The summed E-state index contributed by atoms with van der Waals surface area (Å²) in [5.41, 5.74) is 1.10. The van der Waals surface area contributed by atoms with Gasteiger partial charge in [0, 0.05) is 20.1 Å². The summed E-state index contributed by atoms with van der Waals surface area (Å²) < 4.78 is 6.26. The molecule has 3 N–H and O–H groups in total. The van der Waals surface area contributed by atoms with Crippen molar-refractivity contribution in [1.82, 2.24) is 20.9 Å². The summed E-state index contributed by atoms with van der Waals surface area (Å²) in [5, 5.41) is 9.48. The molecule has 0 saturated heterocycles. The third-order valence-electron chi connectivity index (χ3n) is 8.19. The van der Waals surface area contributed by atoms with E-state index in [1.807, 2.05) is 25.1 Å². The molecule has 0 aromatic heterocycles. The first-order valence-corrected chi connectivity index (χ1v) is 14.2. The number of nitrogens with one attached hydrogen (secondary N) is 3. The monoisotopic (exact) mass is 512 g/mol. The molecule has 3 amide bonds. The van der Waals surface area contributed by atoms with Crippen LogP contribution in [-0.4, -0.2) is 67.0 Å². The van der Waals surface area contributed by atoms with E-state index in [4.69, 9.17) is 4.74 Å². The molecule has 3 aliphatic rings. The van der Waals surface area contributed by atoms with E-state index in [1.54, 1.807) is 14.0 Å².